The van der Waals surface area contributed by atoms with E-state index in [0.29, 0.717) is 36.2 Å². The summed E-state index contributed by atoms with van der Waals surface area (Å²) in [5, 5.41) is 4.05. The molecule has 0 bridgehead atoms. The first kappa shape index (κ1) is 23.0. The Balaban J connectivity index is 1.49. The van der Waals surface area contributed by atoms with Gasteiger partial charge in [0.2, 0.25) is 11.7 Å². The Bertz CT molecular complexity index is 1200. The molecule has 1 fully saturated rings. The van der Waals surface area contributed by atoms with E-state index in [-0.39, 0.29) is 22.5 Å². The van der Waals surface area contributed by atoms with Crippen molar-refractivity contribution in [2.45, 2.75) is 58.5 Å². The molecule has 4 heterocycles. The fourth-order valence-electron chi connectivity index (χ4n) is 4.68. The van der Waals surface area contributed by atoms with Crippen LogP contribution in [-0.4, -0.2) is 55.0 Å². The number of carbonyl (C=O) groups is 1. The van der Waals surface area contributed by atoms with Crippen LogP contribution in [0.25, 0.3) is 17.2 Å². The fourth-order valence-corrected chi connectivity index (χ4v) is 4.92. The minimum absolute atomic E-state index is 0.158. The van der Waals surface area contributed by atoms with Crippen LogP contribution in [0.1, 0.15) is 73.9 Å². The maximum atomic E-state index is 14.2. The first-order valence-corrected chi connectivity index (χ1v) is 12.3. The van der Waals surface area contributed by atoms with Gasteiger partial charge in [0.1, 0.15) is 17.8 Å². The van der Waals surface area contributed by atoms with Crippen LogP contribution in [0.15, 0.2) is 23.0 Å². The second kappa shape index (κ2) is 9.46. The number of unbranched alkanes of at least 4 members (excludes halogenated alkanes) is 2. The van der Waals surface area contributed by atoms with Gasteiger partial charge in [-0.25, -0.2) is 9.37 Å². The van der Waals surface area contributed by atoms with Gasteiger partial charge in [-0.1, -0.05) is 43.4 Å². The van der Waals surface area contributed by atoms with Crippen LogP contribution in [0.5, 0.6) is 0 Å². The van der Waals surface area contributed by atoms with Gasteiger partial charge in [-0.2, -0.15) is 4.98 Å². The van der Waals surface area contributed by atoms with Gasteiger partial charge in [0, 0.05) is 6.54 Å². The van der Waals surface area contributed by atoms with E-state index < -0.39 is 5.82 Å². The zero-order valence-electron chi connectivity index (χ0n) is 19.4. The lowest BCUT2D eigenvalue weighted by Gasteiger charge is -2.39. The van der Waals surface area contributed by atoms with Crippen molar-refractivity contribution in [3.05, 3.63) is 46.4 Å². The average molecular weight is 487 g/mol. The van der Waals surface area contributed by atoms with Crippen molar-refractivity contribution in [1.82, 2.24) is 29.5 Å². The van der Waals surface area contributed by atoms with Gasteiger partial charge in [-0.3, -0.25) is 14.3 Å². The van der Waals surface area contributed by atoms with Gasteiger partial charge in [-0.15, -0.1) is 0 Å². The van der Waals surface area contributed by atoms with E-state index in [0.717, 1.165) is 50.9 Å². The second-order valence-electron chi connectivity index (χ2n) is 8.90. The summed E-state index contributed by atoms with van der Waals surface area (Å²) in [5.74, 6) is 0.0464. The smallest absolute Gasteiger partial charge is 0.258 e. The second-order valence-corrected chi connectivity index (χ2v) is 9.28. The largest absolute Gasteiger partial charge is 0.337 e. The van der Waals surface area contributed by atoms with E-state index in [4.69, 9.17) is 16.1 Å². The molecule has 0 saturated carbocycles. The molecule has 1 aromatic carbocycles. The molecule has 1 atom stereocenters. The molecule has 1 saturated heterocycles. The molecule has 2 aromatic heterocycles. The molecular formula is C24H28ClFN6O2. The van der Waals surface area contributed by atoms with Crippen LogP contribution in [0.4, 0.5) is 4.39 Å². The molecule has 0 unspecified atom stereocenters. The van der Waals surface area contributed by atoms with Gasteiger partial charge in [0.15, 0.2) is 0 Å². The summed E-state index contributed by atoms with van der Waals surface area (Å²) in [6.45, 7) is 7.50. The van der Waals surface area contributed by atoms with Crippen molar-refractivity contribution in [2.24, 2.45) is 0 Å². The van der Waals surface area contributed by atoms with Gasteiger partial charge in [0.25, 0.3) is 5.91 Å². The van der Waals surface area contributed by atoms with Crippen molar-refractivity contribution < 1.29 is 13.7 Å². The van der Waals surface area contributed by atoms with Crippen molar-refractivity contribution in [1.29, 1.82) is 0 Å². The quantitative estimate of drug-likeness (QED) is 0.422. The molecule has 0 radical (unpaired) electrons. The number of imidazole rings is 1. The Morgan fingerprint density at radius 2 is 2.00 bits per heavy atom. The Morgan fingerprint density at radius 3 is 2.68 bits per heavy atom. The van der Waals surface area contributed by atoms with E-state index in [2.05, 4.69) is 33.9 Å². The third-order valence-electron chi connectivity index (χ3n) is 6.64. The standard InChI is InChI=1S/C24H28ClFN6O2/c1-3-5-10-30(11-6-4-2)13-18-28-23(29-34-18)21-22-17-9-12-31(17)24(33)19-16(32(22)14-27-21)8-7-15(26)20(19)25/h7-8,14,17H,3-6,9-13H2,1-2H3/t17-/m0/s1. The molecule has 5 rings (SSSR count). The first-order valence-electron chi connectivity index (χ1n) is 11.9. The van der Waals surface area contributed by atoms with Gasteiger partial charge in [-0.05, 0) is 44.5 Å². The third kappa shape index (κ3) is 3.90. The Labute approximate surface area is 202 Å². The molecule has 180 valence electrons. The first-order chi connectivity index (χ1) is 16.5. The highest BCUT2D eigenvalue weighted by atomic mass is 35.5. The number of nitrogens with zero attached hydrogens (tertiary/aromatic N) is 6. The number of hydrogen-bond donors (Lipinski definition) is 0. The number of carbonyl (C=O) groups excluding carboxylic acids is 1. The number of fused-ring (bicyclic) bond motifs is 5. The molecule has 10 heteroatoms. The molecule has 0 N–H and O–H groups in total. The molecule has 34 heavy (non-hydrogen) atoms. The van der Waals surface area contributed by atoms with Crippen LogP contribution in [0.2, 0.25) is 5.02 Å². The highest BCUT2D eigenvalue weighted by Crippen LogP contribution is 2.44. The van der Waals surface area contributed by atoms with Crippen molar-refractivity contribution in [2.75, 3.05) is 19.6 Å². The monoisotopic (exact) mass is 486 g/mol. The normalized spacial score (nSPS) is 16.8. The Hall–Kier alpha value is -2.78. The molecule has 0 aliphatic carbocycles. The van der Waals surface area contributed by atoms with Gasteiger partial charge >= 0.3 is 0 Å². The SMILES string of the molecule is CCCCN(CCCC)Cc1nc(-c2ncn3c2[C@@H]2CCN2C(=O)c2c-3ccc(F)c2Cl)no1. The van der Waals surface area contributed by atoms with Crippen molar-refractivity contribution in [3.8, 4) is 17.2 Å². The highest BCUT2D eigenvalue weighted by molar-refractivity contribution is 6.34. The molecule has 0 spiro atoms. The number of benzene rings is 1. The summed E-state index contributed by atoms with van der Waals surface area (Å²) < 4.78 is 21.6. The van der Waals surface area contributed by atoms with E-state index in [1.165, 1.54) is 6.07 Å². The molecule has 1 amide bonds. The topological polar surface area (TPSA) is 80.3 Å². The summed E-state index contributed by atoms with van der Waals surface area (Å²) in [6.07, 6.45) is 6.89. The fraction of sp³-hybridized carbons (Fsp3) is 0.500. The van der Waals surface area contributed by atoms with E-state index in [1.807, 2.05) is 4.57 Å². The number of aromatic nitrogens is 4. The van der Waals surface area contributed by atoms with Crippen LogP contribution in [0, 0.1) is 5.82 Å². The molecule has 2 aliphatic rings. The summed E-state index contributed by atoms with van der Waals surface area (Å²) in [4.78, 5) is 26.5. The number of halogens is 2. The zero-order chi connectivity index (χ0) is 23.8. The van der Waals surface area contributed by atoms with Crippen LogP contribution < -0.4 is 0 Å². The predicted molar refractivity (Wildman–Crippen MR) is 125 cm³/mol. The van der Waals surface area contributed by atoms with Gasteiger partial charge in [0.05, 0.1) is 34.6 Å². The zero-order valence-corrected chi connectivity index (χ0v) is 20.2. The van der Waals surface area contributed by atoms with E-state index >= 15 is 0 Å². The Morgan fingerprint density at radius 1 is 1.24 bits per heavy atom. The third-order valence-corrected chi connectivity index (χ3v) is 7.01. The minimum Gasteiger partial charge on any atom is -0.337 e. The molecular weight excluding hydrogens is 459 g/mol. The maximum Gasteiger partial charge on any atom is 0.258 e. The number of amides is 1. The van der Waals surface area contributed by atoms with E-state index in [1.54, 1.807) is 17.3 Å². The van der Waals surface area contributed by atoms with Crippen LogP contribution in [-0.2, 0) is 6.54 Å². The number of hydrogen-bond acceptors (Lipinski definition) is 6. The van der Waals surface area contributed by atoms with Crippen LogP contribution >= 0.6 is 11.6 Å². The molecule has 8 nitrogen and oxygen atoms in total. The summed E-state index contributed by atoms with van der Waals surface area (Å²) >= 11 is 6.23. The highest BCUT2D eigenvalue weighted by Gasteiger charge is 2.43. The summed E-state index contributed by atoms with van der Waals surface area (Å²) in [6, 6.07) is 2.63. The van der Waals surface area contributed by atoms with Gasteiger partial charge < -0.3 is 9.42 Å². The predicted octanol–water partition coefficient (Wildman–Crippen LogP) is 5.02. The van der Waals surface area contributed by atoms with Crippen molar-refractivity contribution in [3.63, 3.8) is 0 Å². The molecule has 2 aliphatic heterocycles. The molecule has 3 aromatic rings. The summed E-state index contributed by atoms with van der Waals surface area (Å²) in [7, 11) is 0. The van der Waals surface area contributed by atoms with Crippen molar-refractivity contribution >= 4 is 17.5 Å². The lowest BCUT2D eigenvalue weighted by atomic mass is 9.97. The number of rotatable bonds is 9. The maximum absolute atomic E-state index is 14.2. The Kier molecular flexibility index (Phi) is 6.40. The average Bonchev–Trinajstić information content (AvgIpc) is 3.42. The summed E-state index contributed by atoms with van der Waals surface area (Å²) in [5.41, 5.74) is 2.03. The van der Waals surface area contributed by atoms with E-state index in [9.17, 15) is 9.18 Å². The van der Waals surface area contributed by atoms with Crippen LogP contribution in [0.3, 0.4) is 0 Å². The lowest BCUT2D eigenvalue weighted by molar-refractivity contribution is 0.0461. The minimum atomic E-state index is -0.617. The lowest BCUT2D eigenvalue weighted by Crippen LogP contribution is -2.44.